The second-order valence-corrected chi connectivity index (χ2v) is 5.80. The summed E-state index contributed by atoms with van der Waals surface area (Å²) in [7, 11) is 4.98. The van der Waals surface area contributed by atoms with Crippen LogP contribution in [0.3, 0.4) is 0 Å². The number of carbonyl (C=O) groups excluding carboxylic acids is 1. The Morgan fingerprint density at radius 2 is 2.04 bits per heavy atom. The van der Waals surface area contributed by atoms with Crippen LogP contribution < -0.4 is 20.1 Å². The van der Waals surface area contributed by atoms with Crippen LogP contribution in [0.4, 0.5) is 5.00 Å². The summed E-state index contributed by atoms with van der Waals surface area (Å²) in [5.74, 6) is 1.25. The molecule has 1 aromatic carbocycles. The molecule has 0 fully saturated rings. The number of hydrogen-bond donors (Lipinski definition) is 2. The predicted molar refractivity (Wildman–Crippen MR) is 91.8 cm³/mol. The molecule has 2 N–H and O–H groups in total. The van der Waals surface area contributed by atoms with Gasteiger partial charge in [-0.1, -0.05) is 0 Å². The summed E-state index contributed by atoms with van der Waals surface area (Å²) < 4.78 is 14.9. The zero-order valence-electron chi connectivity index (χ0n) is 13.9. The minimum Gasteiger partial charge on any atom is -0.497 e. The number of aryl methyl sites for hydroxylation is 1. The summed E-state index contributed by atoms with van der Waals surface area (Å²) in [6.45, 7) is 3.73. The highest BCUT2D eigenvalue weighted by atomic mass is 32.1. The Morgan fingerprint density at radius 3 is 2.65 bits per heavy atom. The molecule has 2 aromatic rings. The molecule has 7 heteroatoms. The molecule has 1 atom stereocenters. The third-order valence-electron chi connectivity index (χ3n) is 3.57. The molecule has 1 heterocycles. The van der Waals surface area contributed by atoms with Gasteiger partial charge in [0.05, 0.1) is 31.5 Å². The molecule has 0 bridgehead atoms. The van der Waals surface area contributed by atoms with E-state index in [9.17, 15) is 4.79 Å². The predicted octanol–water partition coefficient (Wildman–Crippen LogP) is 3.00. The maximum absolute atomic E-state index is 12.6. The van der Waals surface area contributed by atoms with Crippen molar-refractivity contribution in [2.45, 2.75) is 19.9 Å². The first-order chi connectivity index (χ1) is 11.0. The zero-order chi connectivity index (χ0) is 17.0. The highest BCUT2D eigenvalue weighted by Crippen LogP contribution is 2.30. The monoisotopic (exact) mass is 335 g/mol. The molecule has 2 rings (SSSR count). The van der Waals surface area contributed by atoms with E-state index in [0.29, 0.717) is 22.8 Å². The highest BCUT2D eigenvalue weighted by molar-refractivity contribution is 7.10. The lowest BCUT2D eigenvalue weighted by Crippen LogP contribution is -2.27. The number of carbonyl (C=O) groups is 1. The molecular weight excluding hydrogens is 314 g/mol. The zero-order valence-corrected chi connectivity index (χ0v) is 14.7. The molecule has 0 spiro atoms. The van der Waals surface area contributed by atoms with Crippen molar-refractivity contribution < 1.29 is 14.3 Å². The van der Waals surface area contributed by atoms with Crippen molar-refractivity contribution in [3.63, 3.8) is 0 Å². The molecule has 0 aliphatic rings. The third-order valence-corrected chi connectivity index (χ3v) is 4.52. The van der Waals surface area contributed by atoms with Gasteiger partial charge in [0.25, 0.3) is 5.91 Å². The Labute approximate surface area is 140 Å². The maximum Gasteiger partial charge on any atom is 0.256 e. The van der Waals surface area contributed by atoms with Gasteiger partial charge < -0.3 is 20.1 Å². The molecule has 6 nitrogen and oxygen atoms in total. The summed E-state index contributed by atoms with van der Waals surface area (Å²) in [6, 6.07) is 5.27. The molecule has 23 heavy (non-hydrogen) atoms. The van der Waals surface area contributed by atoms with Crippen molar-refractivity contribution in [2.75, 3.05) is 26.6 Å². The average molecular weight is 335 g/mol. The number of benzene rings is 1. The second kappa shape index (κ2) is 7.32. The fraction of sp³-hybridized carbons (Fsp3) is 0.375. The normalized spacial score (nSPS) is 11.7. The number of amides is 1. The summed E-state index contributed by atoms with van der Waals surface area (Å²) >= 11 is 1.27. The van der Waals surface area contributed by atoms with Crippen LogP contribution >= 0.6 is 11.5 Å². The minimum absolute atomic E-state index is 0.169. The van der Waals surface area contributed by atoms with Gasteiger partial charge in [0, 0.05) is 12.6 Å². The van der Waals surface area contributed by atoms with E-state index in [2.05, 4.69) is 15.0 Å². The molecule has 1 amide bonds. The van der Waals surface area contributed by atoms with Gasteiger partial charge in [-0.25, -0.2) is 0 Å². The Hall–Kier alpha value is -2.28. The Balaban J connectivity index is 2.26. The lowest BCUT2D eigenvalue weighted by atomic mass is 10.1. The number of ether oxygens (including phenoxy) is 2. The van der Waals surface area contributed by atoms with Crippen LogP contribution in [0.5, 0.6) is 11.5 Å². The van der Waals surface area contributed by atoms with Crippen molar-refractivity contribution in [3.8, 4) is 11.5 Å². The van der Waals surface area contributed by atoms with Crippen molar-refractivity contribution in [2.24, 2.45) is 0 Å². The molecule has 0 radical (unpaired) electrons. The van der Waals surface area contributed by atoms with Crippen molar-refractivity contribution in [3.05, 3.63) is 35.0 Å². The number of nitrogens with zero attached hydrogens (tertiary/aromatic N) is 1. The standard InChI is InChI=1S/C16H21N3O3S/c1-9(12-8-11(21-4)6-7-13(12)22-5)18-15(20)14-10(2)19-23-16(14)17-3/h6-9,17H,1-5H3,(H,18,20). The van der Waals surface area contributed by atoms with Gasteiger partial charge in [0.2, 0.25) is 0 Å². The van der Waals surface area contributed by atoms with E-state index in [-0.39, 0.29) is 11.9 Å². The molecule has 0 saturated carbocycles. The molecule has 1 aromatic heterocycles. The van der Waals surface area contributed by atoms with Crippen LogP contribution in [0.25, 0.3) is 0 Å². The summed E-state index contributed by atoms with van der Waals surface area (Å²) in [5.41, 5.74) is 2.14. The summed E-state index contributed by atoms with van der Waals surface area (Å²) in [6.07, 6.45) is 0. The molecule has 0 aliphatic heterocycles. The topological polar surface area (TPSA) is 72.5 Å². The average Bonchev–Trinajstić information content (AvgIpc) is 2.94. The number of methoxy groups -OCH3 is 2. The molecular formula is C16H21N3O3S. The number of nitrogens with one attached hydrogen (secondary N) is 2. The fourth-order valence-corrected chi connectivity index (χ4v) is 3.07. The van der Waals surface area contributed by atoms with Gasteiger partial charge in [-0.05, 0) is 43.6 Å². The second-order valence-electron chi connectivity index (χ2n) is 5.03. The van der Waals surface area contributed by atoms with Crippen LogP contribution in [0, 0.1) is 6.92 Å². The van der Waals surface area contributed by atoms with Crippen molar-refractivity contribution in [1.29, 1.82) is 0 Å². The number of hydrogen-bond acceptors (Lipinski definition) is 6. The Kier molecular flexibility index (Phi) is 5.44. The van der Waals surface area contributed by atoms with Crippen LogP contribution in [-0.2, 0) is 0 Å². The van der Waals surface area contributed by atoms with Crippen molar-refractivity contribution in [1.82, 2.24) is 9.69 Å². The molecule has 1 unspecified atom stereocenters. The quantitative estimate of drug-likeness (QED) is 0.849. The first-order valence-electron chi connectivity index (χ1n) is 7.18. The van der Waals surface area contributed by atoms with Gasteiger partial charge in [0.1, 0.15) is 16.5 Å². The number of aromatic nitrogens is 1. The number of anilines is 1. The van der Waals surface area contributed by atoms with Crippen LogP contribution in [0.2, 0.25) is 0 Å². The lowest BCUT2D eigenvalue weighted by Gasteiger charge is -2.18. The maximum atomic E-state index is 12.6. The molecule has 124 valence electrons. The van der Waals surface area contributed by atoms with Gasteiger partial charge in [-0.2, -0.15) is 4.37 Å². The van der Waals surface area contributed by atoms with E-state index in [1.54, 1.807) is 21.3 Å². The van der Waals surface area contributed by atoms with Gasteiger partial charge >= 0.3 is 0 Å². The first-order valence-corrected chi connectivity index (χ1v) is 7.96. The van der Waals surface area contributed by atoms with Crippen LogP contribution in [0.1, 0.15) is 34.6 Å². The lowest BCUT2D eigenvalue weighted by molar-refractivity contribution is 0.0940. The summed E-state index contributed by atoms with van der Waals surface area (Å²) in [4.78, 5) is 12.6. The fourth-order valence-electron chi connectivity index (χ4n) is 2.33. The summed E-state index contributed by atoms with van der Waals surface area (Å²) in [5, 5.41) is 6.75. The third kappa shape index (κ3) is 3.56. The van der Waals surface area contributed by atoms with E-state index in [1.165, 1.54) is 11.5 Å². The van der Waals surface area contributed by atoms with Gasteiger partial charge in [0.15, 0.2) is 0 Å². The first kappa shape index (κ1) is 17.1. The smallest absolute Gasteiger partial charge is 0.256 e. The minimum atomic E-state index is -0.239. The van der Waals surface area contributed by atoms with Crippen molar-refractivity contribution >= 4 is 22.4 Å². The molecule has 0 saturated heterocycles. The largest absolute Gasteiger partial charge is 0.497 e. The van der Waals surface area contributed by atoms with E-state index >= 15 is 0 Å². The van der Waals surface area contributed by atoms with Crippen LogP contribution in [0.15, 0.2) is 18.2 Å². The van der Waals surface area contributed by atoms with Crippen LogP contribution in [-0.4, -0.2) is 31.5 Å². The number of rotatable bonds is 6. The Morgan fingerprint density at radius 1 is 1.30 bits per heavy atom. The van der Waals surface area contributed by atoms with E-state index in [0.717, 1.165) is 10.6 Å². The van der Waals surface area contributed by atoms with Gasteiger partial charge in [-0.3, -0.25) is 4.79 Å². The Bertz CT molecular complexity index is 700. The molecule has 0 aliphatic carbocycles. The van der Waals surface area contributed by atoms with E-state index < -0.39 is 0 Å². The van der Waals surface area contributed by atoms with E-state index in [1.807, 2.05) is 32.0 Å². The van der Waals surface area contributed by atoms with Gasteiger partial charge in [-0.15, -0.1) is 0 Å². The highest BCUT2D eigenvalue weighted by Gasteiger charge is 2.21. The van der Waals surface area contributed by atoms with E-state index in [4.69, 9.17) is 9.47 Å². The SMILES string of the molecule is CNc1snc(C)c1C(=O)NC(C)c1cc(OC)ccc1OC.